The first-order valence-electron chi connectivity index (χ1n) is 6.03. The molecule has 2 atom stereocenters. The molecule has 1 aromatic rings. The number of ether oxygens (including phenoxy) is 1. The van der Waals surface area contributed by atoms with Gasteiger partial charge in [-0.15, -0.1) is 0 Å². The smallest absolute Gasteiger partial charge is 0.217 e. The molecule has 19 heavy (non-hydrogen) atoms. The summed E-state index contributed by atoms with van der Waals surface area (Å²) in [5, 5.41) is 22.0. The summed E-state index contributed by atoms with van der Waals surface area (Å²) >= 11 is 0. The average molecular weight is 260 g/mol. The van der Waals surface area contributed by atoms with Gasteiger partial charge in [0.05, 0.1) is 17.7 Å². The number of carbonyl (C=O) groups excluding carboxylic acids is 1. The molecule has 0 saturated carbocycles. The molecule has 5 nitrogen and oxygen atoms in total. The van der Waals surface area contributed by atoms with Gasteiger partial charge < -0.3 is 15.2 Å². The summed E-state index contributed by atoms with van der Waals surface area (Å²) in [5.41, 5.74) is 0.242. The van der Waals surface area contributed by atoms with E-state index in [9.17, 15) is 9.90 Å². The number of aliphatic hydroxyl groups is 1. The fourth-order valence-electron chi connectivity index (χ4n) is 2.32. The Balaban J connectivity index is 2.46. The maximum atomic E-state index is 11.3. The number of hydrogen-bond donors (Lipinski definition) is 2. The van der Waals surface area contributed by atoms with Gasteiger partial charge in [-0.1, -0.05) is 0 Å². The minimum atomic E-state index is -0.907. The molecule has 2 N–H and O–H groups in total. The molecule has 5 heteroatoms. The molecular formula is C14H16N2O3. The van der Waals surface area contributed by atoms with Crippen molar-refractivity contribution >= 4 is 5.91 Å². The Morgan fingerprint density at radius 3 is 2.79 bits per heavy atom. The third-order valence-corrected chi connectivity index (χ3v) is 3.25. The van der Waals surface area contributed by atoms with E-state index in [1.165, 1.54) is 6.92 Å². The number of rotatable bonds is 1. The molecular weight excluding hydrogens is 244 g/mol. The zero-order valence-corrected chi connectivity index (χ0v) is 11.1. The number of nitrogens with one attached hydrogen (secondary N) is 1. The van der Waals surface area contributed by atoms with Crippen molar-refractivity contribution in [3.8, 4) is 11.8 Å². The molecule has 0 fully saturated rings. The predicted octanol–water partition coefficient (Wildman–Crippen LogP) is 1.27. The minimum Gasteiger partial charge on any atom is -0.485 e. The summed E-state index contributed by atoms with van der Waals surface area (Å²) < 4.78 is 5.82. The maximum Gasteiger partial charge on any atom is 0.217 e. The van der Waals surface area contributed by atoms with Crippen LogP contribution in [0, 0.1) is 11.3 Å². The lowest BCUT2D eigenvalue weighted by Crippen LogP contribution is -2.57. The molecule has 0 radical (unpaired) electrons. The Hall–Kier alpha value is -2.06. The molecule has 0 aromatic heterocycles. The van der Waals surface area contributed by atoms with Gasteiger partial charge in [-0.25, -0.2) is 0 Å². The Kier molecular flexibility index (Phi) is 3.21. The molecule has 1 amide bonds. The van der Waals surface area contributed by atoms with Crippen molar-refractivity contribution in [2.24, 2.45) is 0 Å². The van der Waals surface area contributed by atoms with E-state index < -0.39 is 17.7 Å². The van der Waals surface area contributed by atoms with Crippen LogP contribution in [0.5, 0.6) is 5.75 Å². The van der Waals surface area contributed by atoms with Crippen LogP contribution in [0.3, 0.4) is 0 Å². The van der Waals surface area contributed by atoms with Crippen molar-refractivity contribution < 1.29 is 14.6 Å². The topological polar surface area (TPSA) is 82.4 Å². The second-order valence-corrected chi connectivity index (χ2v) is 5.19. The molecule has 0 aliphatic carbocycles. The van der Waals surface area contributed by atoms with Crippen LogP contribution in [-0.4, -0.2) is 22.7 Å². The van der Waals surface area contributed by atoms with Crippen molar-refractivity contribution in [3.05, 3.63) is 29.3 Å². The van der Waals surface area contributed by atoms with E-state index in [1.807, 2.05) is 6.07 Å². The Labute approximate surface area is 111 Å². The van der Waals surface area contributed by atoms with Gasteiger partial charge in [0.15, 0.2) is 0 Å². The predicted molar refractivity (Wildman–Crippen MR) is 68.4 cm³/mol. The van der Waals surface area contributed by atoms with Gasteiger partial charge in [0.25, 0.3) is 0 Å². The number of benzene rings is 1. The molecule has 1 heterocycles. The molecule has 0 saturated heterocycles. The largest absolute Gasteiger partial charge is 0.485 e. The summed E-state index contributed by atoms with van der Waals surface area (Å²) in [4.78, 5) is 11.3. The van der Waals surface area contributed by atoms with Crippen LogP contribution in [0.2, 0.25) is 0 Å². The molecule has 0 spiro atoms. The van der Waals surface area contributed by atoms with E-state index in [0.717, 1.165) is 0 Å². The highest BCUT2D eigenvalue weighted by atomic mass is 16.5. The first-order valence-corrected chi connectivity index (χ1v) is 6.03. The number of nitriles is 1. The van der Waals surface area contributed by atoms with Crippen molar-refractivity contribution in [2.45, 2.75) is 38.5 Å². The summed E-state index contributed by atoms with van der Waals surface area (Å²) in [6.07, 6.45) is -0.907. The van der Waals surface area contributed by atoms with Gasteiger partial charge in [0, 0.05) is 12.5 Å². The number of nitrogens with zero attached hydrogens (tertiary/aromatic N) is 1. The third kappa shape index (κ3) is 2.40. The van der Waals surface area contributed by atoms with Gasteiger partial charge in [0.2, 0.25) is 5.91 Å². The first kappa shape index (κ1) is 13.4. The van der Waals surface area contributed by atoms with Crippen LogP contribution in [0.25, 0.3) is 0 Å². The zero-order valence-electron chi connectivity index (χ0n) is 11.1. The monoisotopic (exact) mass is 260 g/mol. The summed E-state index contributed by atoms with van der Waals surface area (Å²) in [6.45, 7) is 5.00. The molecule has 1 unspecified atom stereocenters. The lowest BCUT2D eigenvalue weighted by molar-refractivity contribution is -0.124. The van der Waals surface area contributed by atoms with Crippen LogP contribution in [0.15, 0.2) is 18.2 Å². The van der Waals surface area contributed by atoms with Gasteiger partial charge in [0.1, 0.15) is 17.5 Å². The molecule has 100 valence electrons. The second kappa shape index (κ2) is 4.56. The van der Waals surface area contributed by atoms with E-state index in [-0.39, 0.29) is 5.91 Å². The van der Waals surface area contributed by atoms with Crippen molar-refractivity contribution in [1.82, 2.24) is 5.32 Å². The summed E-state index contributed by atoms with van der Waals surface area (Å²) in [7, 11) is 0. The Bertz CT molecular complexity index is 560. The van der Waals surface area contributed by atoms with Crippen molar-refractivity contribution in [2.75, 3.05) is 0 Å². The number of carbonyl (C=O) groups is 1. The highest BCUT2D eigenvalue weighted by Gasteiger charge is 2.43. The number of amides is 1. The van der Waals surface area contributed by atoms with Crippen molar-refractivity contribution in [3.63, 3.8) is 0 Å². The normalized spacial score (nSPS) is 23.7. The van der Waals surface area contributed by atoms with E-state index >= 15 is 0 Å². The Morgan fingerprint density at radius 1 is 1.53 bits per heavy atom. The van der Waals surface area contributed by atoms with Gasteiger partial charge in [-0.05, 0) is 32.0 Å². The fraction of sp³-hybridized carbons (Fsp3) is 0.429. The van der Waals surface area contributed by atoms with Crippen LogP contribution >= 0.6 is 0 Å². The number of hydrogen-bond acceptors (Lipinski definition) is 4. The maximum absolute atomic E-state index is 11.3. The third-order valence-electron chi connectivity index (χ3n) is 3.25. The molecule has 2 rings (SSSR count). The number of fused-ring (bicyclic) bond motifs is 1. The van der Waals surface area contributed by atoms with E-state index in [0.29, 0.717) is 16.9 Å². The Morgan fingerprint density at radius 2 is 2.21 bits per heavy atom. The first-order chi connectivity index (χ1) is 8.85. The molecule has 0 bridgehead atoms. The van der Waals surface area contributed by atoms with Crippen LogP contribution in [0.4, 0.5) is 0 Å². The van der Waals surface area contributed by atoms with E-state index in [2.05, 4.69) is 5.32 Å². The SMILES string of the molecule is CC(=O)N[C@@H]1C(O)c2cc(C#N)ccc2OC1(C)C. The minimum absolute atomic E-state index is 0.236. The average Bonchev–Trinajstić information content (AvgIpc) is 2.33. The standard InChI is InChI=1S/C14H16N2O3/c1-8(17)16-13-12(18)10-6-9(7-15)4-5-11(10)19-14(13,2)3/h4-6,12-13,18H,1-3H3,(H,16,17)/t12?,13-/m1/s1. The lowest BCUT2D eigenvalue weighted by atomic mass is 9.85. The lowest BCUT2D eigenvalue weighted by Gasteiger charge is -2.43. The van der Waals surface area contributed by atoms with Crippen LogP contribution < -0.4 is 10.1 Å². The van der Waals surface area contributed by atoms with Gasteiger partial charge in [-0.2, -0.15) is 5.26 Å². The zero-order chi connectivity index (χ0) is 14.2. The molecule has 1 aliphatic heterocycles. The van der Waals surface area contributed by atoms with Crippen molar-refractivity contribution in [1.29, 1.82) is 5.26 Å². The second-order valence-electron chi connectivity index (χ2n) is 5.19. The summed E-state index contributed by atoms with van der Waals surface area (Å²) in [5.74, 6) is 0.304. The fourth-order valence-corrected chi connectivity index (χ4v) is 2.32. The van der Waals surface area contributed by atoms with E-state index in [1.54, 1.807) is 32.0 Å². The van der Waals surface area contributed by atoms with Gasteiger partial charge in [-0.3, -0.25) is 4.79 Å². The highest BCUT2D eigenvalue weighted by Crippen LogP contribution is 2.40. The van der Waals surface area contributed by atoms with Gasteiger partial charge >= 0.3 is 0 Å². The van der Waals surface area contributed by atoms with Crippen LogP contribution in [0.1, 0.15) is 38.0 Å². The summed E-state index contributed by atoms with van der Waals surface area (Å²) in [6, 6.07) is 6.35. The molecule has 1 aliphatic rings. The highest BCUT2D eigenvalue weighted by molar-refractivity contribution is 5.73. The van der Waals surface area contributed by atoms with E-state index in [4.69, 9.17) is 10.00 Å². The van der Waals surface area contributed by atoms with Crippen LogP contribution in [-0.2, 0) is 4.79 Å². The number of aliphatic hydroxyl groups excluding tert-OH is 1. The molecule has 1 aromatic carbocycles. The quantitative estimate of drug-likeness (QED) is 0.796.